The summed E-state index contributed by atoms with van der Waals surface area (Å²) in [7, 11) is 3.65. The molecule has 1 aromatic heterocycles. The third kappa shape index (κ3) is 6.56. The normalized spacial score (nSPS) is 11.3. The van der Waals surface area contributed by atoms with Crippen molar-refractivity contribution in [3.8, 4) is 0 Å². The van der Waals surface area contributed by atoms with Crippen LogP contribution in [0.15, 0.2) is 35.6 Å². The van der Waals surface area contributed by atoms with Crippen molar-refractivity contribution in [2.75, 3.05) is 20.1 Å². The van der Waals surface area contributed by atoms with Gasteiger partial charge in [0.25, 0.3) is 0 Å². The third-order valence-electron chi connectivity index (χ3n) is 4.30. The third-order valence-corrected chi connectivity index (χ3v) is 4.30. The molecule has 26 heavy (non-hydrogen) atoms. The Morgan fingerprint density at radius 1 is 1.12 bits per heavy atom. The summed E-state index contributed by atoms with van der Waals surface area (Å²) >= 11 is 0. The van der Waals surface area contributed by atoms with Crippen molar-refractivity contribution >= 4 is 29.9 Å². The Kier molecular flexibility index (Phi) is 10.2. The van der Waals surface area contributed by atoms with E-state index in [0.29, 0.717) is 6.54 Å². The Morgan fingerprint density at radius 2 is 1.77 bits per heavy atom. The molecule has 0 bridgehead atoms. The molecule has 0 atom stereocenters. The molecule has 1 heterocycles. The number of aromatic nitrogens is 3. The summed E-state index contributed by atoms with van der Waals surface area (Å²) in [5.41, 5.74) is 2.64. The van der Waals surface area contributed by atoms with E-state index in [1.807, 2.05) is 7.05 Å². The lowest BCUT2D eigenvalue weighted by Gasteiger charge is -2.20. The number of aliphatic imine (C=N–C) groups is 1. The van der Waals surface area contributed by atoms with Crippen molar-refractivity contribution in [2.24, 2.45) is 12.0 Å². The molecule has 1 aromatic carbocycles. The highest BCUT2D eigenvalue weighted by atomic mass is 127. The van der Waals surface area contributed by atoms with Gasteiger partial charge in [0.2, 0.25) is 0 Å². The van der Waals surface area contributed by atoms with Gasteiger partial charge in [-0.2, -0.15) is 5.10 Å². The number of hydrogen-bond donors (Lipinski definition) is 2. The SMILES string of the molecule is CCN(CC)Cc1ccccc1CNC(=NC)NCc1ncnn1C.I. The Bertz CT molecular complexity index is 680. The van der Waals surface area contributed by atoms with Crippen molar-refractivity contribution < 1.29 is 0 Å². The molecule has 0 fully saturated rings. The molecular formula is C18H30IN7. The minimum Gasteiger partial charge on any atom is -0.352 e. The fraction of sp³-hybridized carbons (Fsp3) is 0.500. The maximum absolute atomic E-state index is 4.28. The van der Waals surface area contributed by atoms with Crippen LogP contribution in [0.25, 0.3) is 0 Å². The molecule has 7 nitrogen and oxygen atoms in total. The van der Waals surface area contributed by atoms with E-state index < -0.39 is 0 Å². The van der Waals surface area contributed by atoms with E-state index in [1.165, 1.54) is 11.1 Å². The van der Waals surface area contributed by atoms with E-state index in [2.05, 4.69) is 68.7 Å². The number of guanidine groups is 1. The molecule has 0 radical (unpaired) electrons. The summed E-state index contributed by atoms with van der Waals surface area (Å²) in [6, 6.07) is 8.55. The second-order valence-corrected chi connectivity index (χ2v) is 5.81. The van der Waals surface area contributed by atoms with Crippen LogP contribution in [0.3, 0.4) is 0 Å². The van der Waals surface area contributed by atoms with Gasteiger partial charge in [-0.3, -0.25) is 14.6 Å². The largest absolute Gasteiger partial charge is 0.352 e. The zero-order chi connectivity index (χ0) is 18.1. The Morgan fingerprint density at radius 3 is 2.35 bits per heavy atom. The van der Waals surface area contributed by atoms with Crippen LogP contribution >= 0.6 is 24.0 Å². The van der Waals surface area contributed by atoms with Crippen LogP contribution in [-0.4, -0.2) is 45.8 Å². The molecule has 0 unspecified atom stereocenters. The van der Waals surface area contributed by atoms with Gasteiger partial charge in [0.15, 0.2) is 5.96 Å². The van der Waals surface area contributed by atoms with Gasteiger partial charge in [-0.25, -0.2) is 4.98 Å². The molecule has 0 aliphatic heterocycles. The zero-order valence-electron chi connectivity index (χ0n) is 16.1. The van der Waals surface area contributed by atoms with E-state index in [1.54, 1.807) is 18.1 Å². The molecule has 0 aliphatic carbocycles. The fourth-order valence-electron chi connectivity index (χ4n) is 2.61. The van der Waals surface area contributed by atoms with Gasteiger partial charge in [0.05, 0.1) is 6.54 Å². The van der Waals surface area contributed by atoms with E-state index in [-0.39, 0.29) is 24.0 Å². The number of halogens is 1. The number of aryl methyl sites for hydroxylation is 1. The molecule has 144 valence electrons. The molecule has 0 spiro atoms. The second-order valence-electron chi connectivity index (χ2n) is 5.81. The van der Waals surface area contributed by atoms with Crippen LogP contribution in [0.4, 0.5) is 0 Å². The van der Waals surface area contributed by atoms with Crippen molar-refractivity contribution in [3.63, 3.8) is 0 Å². The van der Waals surface area contributed by atoms with E-state index in [9.17, 15) is 0 Å². The van der Waals surface area contributed by atoms with Gasteiger partial charge in [0.1, 0.15) is 12.2 Å². The Labute approximate surface area is 173 Å². The first-order chi connectivity index (χ1) is 12.2. The van der Waals surface area contributed by atoms with Gasteiger partial charge in [-0.05, 0) is 24.2 Å². The van der Waals surface area contributed by atoms with Crippen molar-refractivity contribution in [1.29, 1.82) is 0 Å². The van der Waals surface area contributed by atoms with E-state index >= 15 is 0 Å². The summed E-state index contributed by atoms with van der Waals surface area (Å²) in [6.07, 6.45) is 1.55. The quantitative estimate of drug-likeness (QED) is 0.351. The molecule has 2 aromatic rings. The minimum absolute atomic E-state index is 0. The molecule has 0 amide bonds. The molecular weight excluding hydrogens is 441 g/mol. The van der Waals surface area contributed by atoms with E-state index in [0.717, 1.165) is 38.0 Å². The van der Waals surface area contributed by atoms with Crippen molar-refractivity contribution in [2.45, 2.75) is 33.5 Å². The van der Waals surface area contributed by atoms with Crippen LogP contribution in [0, 0.1) is 0 Å². The number of nitrogens with zero attached hydrogens (tertiary/aromatic N) is 5. The highest BCUT2D eigenvalue weighted by molar-refractivity contribution is 14.0. The fourth-order valence-corrected chi connectivity index (χ4v) is 2.61. The van der Waals surface area contributed by atoms with Gasteiger partial charge >= 0.3 is 0 Å². The summed E-state index contributed by atoms with van der Waals surface area (Å²) in [5, 5.41) is 10.7. The van der Waals surface area contributed by atoms with Gasteiger partial charge < -0.3 is 10.6 Å². The average molecular weight is 471 g/mol. The van der Waals surface area contributed by atoms with E-state index in [4.69, 9.17) is 0 Å². The molecule has 0 aliphatic rings. The average Bonchev–Trinajstić information content (AvgIpc) is 3.05. The minimum atomic E-state index is 0. The maximum atomic E-state index is 4.28. The predicted molar refractivity (Wildman–Crippen MR) is 117 cm³/mol. The molecule has 2 N–H and O–H groups in total. The molecule has 0 saturated heterocycles. The number of rotatable bonds is 8. The first kappa shape index (κ1) is 22.4. The molecule has 0 saturated carbocycles. The lowest BCUT2D eigenvalue weighted by Crippen LogP contribution is -2.37. The standard InChI is InChI=1S/C18H29N7.HI/c1-5-25(6-2)13-16-10-8-7-9-15(16)11-20-18(19-3)21-12-17-22-14-23-24(17)4;/h7-10,14H,5-6,11-13H2,1-4H3,(H2,19,20,21);1H. The summed E-state index contributed by atoms with van der Waals surface area (Å²) < 4.78 is 1.75. The highest BCUT2D eigenvalue weighted by Crippen LogP contribution is 2.11. The molecule has 2 rings (SSSR count). The Balaban J connectivity index is 0.00000338. The Hall–Kier alpha value is -1.68. The van der Waals surface area contributed by atoms with Crippen LogP contribution in [-0.2, 0) is 26.7 Å². The van der Waals surface area contributed by atoms with Crippen LogP contribution in [0.1, 0.15) is 30.8 Å². The lowest BCUT2D eigenvalue weighted by molar-refractivity contribution is 0.295. The first-order valence-electron chi connectivity index (χ1n) is 8.74. The van der Waals surface area contributed by atoms with Crippen LogP contribution in [0.5, 0.6) is 0 Å². The smallest absolute Gasteiger partial charge is 0.191 e. The number of hydrogen-bond acceptors (Lipinski definition) is 4. The maximum Gasteiger partial charge on any atom is 0.191 e. The molecule has 8 heteroatoms. The topological polar surface area (TPSA) is 70.4 Å². The summed E-state index contributed by atoms with van der Waals surface area (Å²) in [5.74, 6) is 1.62. The van der Waals surface area contributed by atoms with Crippen molar-refractivity contribution in [3.05, 3.63) is 47.5 Å². The monoisotopic (exact) mass is 471 g/mol. The van der Waals surface area contributed by atoms with Crippen LogP contribution < -0.4 is 10.6 Å². The number of benzene rings is 1. The summed E-state index contributed by atoms with van der Waals surface area (Å²) in [6.45, 7) is 8.78. The lowest BCUT2D eigenvalue weighted by atomic mass is 10.1. The number of nitrogens with one attached hydrogen (secondary N) is 2. The van der Waals surface area contributed by atoms with Crippen molar-refractivity contribution in [1.82, 2.24) is 30.3 Å². The first-order valence-corrected chi connectivity index (χ1v) is 8.74. The highest BCUT2D eigenvalue weighted by Gasteiger charge is 2.07. The van der Waals surface area contributed by atoms with Gasteiger partial charge in [-0.1, -0.05) is 38.1 Å². The van der Waals surface area contributed by atoms with Crippen LogP contribution in [0.2, 0.25) is 0 Å². The second kappa shape index (κ2) is 11.8. The predicted octanol–water partition coefficient (Wildman–Crippen LogP) is 2.14. The van der Waals surface area contributed by atoms with Gasteiger partial charge in [0, 0.05) is 27.2 Å². The van der Waals surface area contributed by atoms with Gasteiger partial charge in [-0.15, -0.1) is 24.0 Å². The zero-order valence-corrected chi connectivity index (χ0v) is 18.4. The summed E-state index contributed by atoms with van der Waals surface area (Å²) in [4.78, 5) is 10.9.